The van der Waals surface area contributed by atoms with Crippen LogP contribution in [0.4, 0.5) is 0 Å². The van der Waals surface area contributed by atoms with Gasteiger partial charge in [0.05, 0.1) is 12.4 Å². The van der Waals surface area contributed by atoms with Gasteiger partial charge in [-0.1, -0.05) is 6.92 Å². The van der Waals surface area contributed by atoms with Crippen LogP contribution < -0.4 is 0 Å². The second-order valence-corrected chi connectivity index (χ2v) is 9.88. The third-order valence-corrected chi connectivity index (χ3v) is 7.19. The number of hydrogen-bond donors (Lipinski definition) is 0. The second-order valence-electron chi connectivity index (χ2n) is 7.40. The molecule has 1 amide bonds. The van der Waals surface area contributed by atoms with E-state index in [0.29, 0.717) is 13.2 Å². The lowest BCUT2D eigenvalue weighted by Gasteiger charge is -2.55. The maximum absolute atomic E-state index is 12.6. The third-order valence-electron chi connectivity index (χ3n) is 5.50. The molecule has 7 nitrogen and oxygen atoms in total. The van der Waals surface area contributed by atoms with Gasteiger partial charge in [0.2, 0.25) is 5.91 Å². The highest BCUT2D eigenvalue weighted by atomic mass is 32.2. The molecule has 3 aliphatic heterocycles. The van der Waals surface area contributed by atoms with Crippen molar-refractivity contribution in [1.29, 1.82) is 0 Å². The zero-order valence-electron chi connectivity index (χ0n) is 14.7. The Kier molecular flexibility index (Phi) is 5.20. The molecule has 3 saturated heterocycles. The maximum Gasteiger partial charge on any atom is 0.242 e. The van der Waals surface area contributed by atoms with Crippen molar-refractivity contribution in [3.8, 4) is 0 Å². The molecule has 138 valence electrons. The minimum atomic E-state index is -2.92. The molecule has 0 N–H and O–H groups in total. The Hall–Kier alpha value is -0.700. The number of likely N-dealkylation sites (N-methyl/N-ethyl adjacent to an activating group) is 1. The molecule has 0 aliphatic carbocycles. The molecule has 24 heavy (non-hydrogen) atoms. The van der Waals surface area contributed by atoms with E-state index >= 15 is 0 Å². The normalized spacial score (nSPS) is 28.2. The molecule has 0 aromatic carbocycles. The van der Waals surface area contributed by atoms with Crippen molar-refractivity contribution in [2.45, 2.75) is 31.4 Å². The first kappa shape index (κ1) is 18.1. The number of carbonyl (C=O) groups excluding carboxylic acids is 1. The highest BCUT2D eigenvalue weighted by molar-refractivity contribution is 7.91. The number of morpholine rings is 1. The lowest BCUT2D eigenvalue weighted by molar-refractivity contribution is -0.198. The summed E-state index contributed by atoms with van der Waals surface area (Å²) in [4.78, 5) is 18.8. The van der Waals surface area contributed by atoms with Gasteiger partial charge in [-0.05, 0) is 19.9 Å². The molecular formula is C16H29N3O4S. The van der Waals surface area contributed by atoms with Gasteiger partial charge < -0.3 is 9.64 Å². The monoisotopic (exact) mass is 359 g/mol. The quantitative estimate of drug-likeness (QED) is 0.655. The number of carbonyl (C=O) groups is 1. The molecule has 3 heterocycles. The van der Waals surface area contributed by atoms with Crippen LogP contribution >= 0.6 is 0 Å². The van der Waals surface area contributed by atoms with Gasteiger partial charge in [0, 0.05) is 45.0 Å². The molecule has 8 heteroatoms. The number of hydrogen-bond acceptors (Lipinski definition) is 6. The van der Waals surface area contributed by atoms with Gasteiger partial charge in [0.15, 0.2) is 9.84 Å². The Morgan fingerprint density at radius 3 is 2.46 bits per heavy atom. The Morgan fingerprint density at radius 1 is 1.21 bits per heavy atom. The molecule has 0 aromatic rings. The van der Waals surface area contributed by atoms with E-state index in [2.05, 4.69) is 9.80 Å². The molecule has 0 radical (unpaired) electrons. The molecule has 1 atom stereocenters. The van der Waals surface area contributed by atoms with Gasteiger partial charge in [-0.3, -0.25) is 14.6 Å². The first-order valence-corrected chi connectivity index (χ1v) is 10.7. The fourth-order valence-electron chi connectivity index (χ4n) is 3.93. The first-order valence-electron chi connectivity index (χ1n) is 8.90. The molecule has 0 bridgehead atoms. The molecule has 3 fully saturated rings. The van der Waals surface area contributed by atoms with Crippen molar-refractivity contribution in [1.82, 2.24) is 14.7 Å². The predicted molar refractivity (Wildman–Crippen MR) is 91.7 cm³/mol. The van der Waals surface area contributed by atoms with Gasteiger partial charge in [-0.2, -0.15) is 0 Å². The summed E-state index contributed by atoms with van der Waals surface area (Å²) in [6.07, 6.45) is 2.20. The minimum absolute atomic E-state index is 0.178. The van der Waals surface area contributed by atoms with E-state index in [1.807, 2.05) is 11.9 Å². The summed E-state index contributed by atoms with van der Waals surface area (Å²) >= 11 is 0. The van der Waals surface area contributed by atoms with Crippen LogP contribution in [-0.4, -0.2) is 105 Å². The van der Waals surface area contributed by atoms with Crippen molar-refractivity contribution in [3.05, 3.63) is 0 Å². The van der Waals surface area contributed by atoms with E-state index in [4.69, 9.17) is 4.74 Å². The fraction of sp³-hybridized carbons (Fsp3) is 0.938. The smallest absolute Gasteiger partial charge is 0.242 e. The van der Waals surface area contributed by atoms with Crippen LogP contribution in [0.1, 0.15) is 19.8 Å². The number of sulfone groups is 1. The summed E-state index contributed by atoms with van der Waals surface area (Å²) in [5, 5.41) is 0. The standard InChI is InChI=1S/C16H29N3O4S/c1-3-24(21,22)9-8-18-12-16(13-18)11-17(2)14(10-23-16)15(20)19-6-4-5-7-19/h14H,3-13H2,1-2H3. The van der Waals surface area contributed by atoms with Crippen LogP contribution in [0.3, 0.4) is 0 Å². The van der Waals surface area contributed by atoms with E-state index < -0.39 is 9.84 Å². The average Bonchev–Trinajstić information content (AvgIpc) is 3.05. The highest BCUT2D eigenvalue weighted by Crippen LogP contribution is 2.31. The molecule has 1 spiro atoms. The maximum atomic E-state index is 12.6. The fourth-order valence-corrected chi connectivity index (χ4v) is 4.76. The summed E-state index contributed by atoms with van der Waals surface area (Å²) in [5.74, 6) is 0.604. The van der Waals surface area contributed by atoms with Crippen molar-refractivity contribution in [3.63, 3.8) is 0 Å². The molecule has 0 aromatic heterocycles. The Morgan fingerprint density at radius 2 is 1.88 bits per heavy atom. The predicted octanol–water partition coefficient (Wildman–Crippen LogP) is -0.571. The molecule has 0 saturated carbocycles. The number of nitrogens with zero attached hydrogens (tertiary/aromatic N) is 3. The first-order chi connectivity index (χ1) is 11.3. The average molecular weight is 359 g/mol. The zero-order chi connectivity index (χ0) is 17.4. The molecular weight excluding hydrogens is 330 g/mol. The third kappa shape index (κ3) is 3.76. The van der Waals surface area contributed by atoms with Crippen LogP contribution in [0, 0.1) is 0 Å². The highest BCUT2D eigenvalue weighted by Gasteiger charge is 2.50. The summed E-state index contributed by atoms with van der Waals surface area (Å²) in [7, 11) is -0.923. The number of likely N-dealkylation sites (tertiary alicyclic amines) is 2. The van der Waals surface area contributed by atoms with Crippen molar-refractivity contribution >= 4 is 15.7 Å². The van der Waals surface area contributed by atoms with E-state index in [1.54, 1.807) is 6.92 Å². The van der Waals surface area contributed by atoms with Crippen LogP contribution in [0.25, 0.3) is 0 Å². The van der Waals surface area contributed by atoms with Gasteiger partial charge in [0.1, 0.15) is 11.6 Å². The van der Waals surface area contributed by atoms with Gasteiger partial charge in [0.25, 0.3) is 0 Å². The molecule has 3 rings (SSSR count). The minimum Gasteiger partial charge on any atom is -0.369 e. The van der Waals surface area contributed by atoms with Gasteiger partial charge in [-0.15, -0.1) is 0 Å². The SMILES string of the molecule is CCS(=O)(=O)CCN1CC2(C1)CN(C)C(C(=O)N1CCCC1)CO2. The van der Waals surface area contributed by atoms with Gasteiger partial charge in [-0.25, -0.2) is 8.42 Å². The van der Waals surface area contributed by atoms with E-state index in [9.17, 15) is 13.2 Å². The Balaban J connectivity index is 1.47. The van der Waals surface area contributed by atoms with Crippen LogP contribution in [-0.2, 0) is 19.4 Å². The summed E-state index contributed by atoms with van der Waals surface area (Å²) in [6, 6.07) is -0.178. The largest absolute Gasteiger partial charge is 0.369 e. The van der Waals surface area contributed by atoms with E-state index in [1.165, 1.54) is 0 Å². The van der Waals surface area contributed by atoms with Gasteiger partial charge >= 0.3 is 0 Å². The van der Waals surface area contributed by atoms with Crippen molar-refractivity contribution in [2.24, 2.45) is 0 Å². The molecule has 1 unspecified atom stereocenters. The lowest BCUT2D eigenvalue weighted by atomic mass is 9.90. The Labute approximate surface area is 144 Å². The Bertz CT molecular complexity index is 568. The topological polar surface area (TPSA) is 70.2 Å². The van der Waals surface area contributed by atoms with Crippen LogP contribution in [0.15, 0.2) is 0 Å². The number of amides is 1. The number of rotatable bonds is 5. The van der Waals surface area contributed by atoms with E-state index in [0.717, 1.165) is 45.6 Å². The van der Waals surface area contributed by atoms with Crippen LogP contribution in [0.5, 0.6) is 0 Å². The number of ether oxygens (including phenoxy) is 1. The zero-order valence-corrected chi connectivity index (χ0v) is 15.6. The molecule has 3 aliphatic rings. The second kappa shape index (κ2) is 6.90. The van der Waals surface area contributed by atoms with Crippen LogP contribution in [0.2, 0.25) is 0 Å². The summed E-state index contributed by atoms with van der Waals surface area (Å²) in [6.45, 7) is 6.66. The summed E-state index contributed by atoms with van der Waals surface area (Å²) < 4.78 is 29.3. The summed E-state index contributed by atoms with van der Waals surface area (Å²) in [5.41, 5.74) is -0.230. The lowest BCUT2D eigenvalue weighted by Crippen LogP contribution is -2.72. The van der Waals surface area contributed by atoms with Crippen molar-refractivity contribution in [2.75, 3.05) is 64.4 Å². The van der Waals surface area contributed by atoms with E-state index in [-0.39, 0.29) is 29.1 Å². The van der Waals surface area contributed by atoms with Crippen molar-refractivity contribution < 1.29 is 17.9 Å².